The number of hydrogen-bond donors (Lipinski definition) is 0. The fourth-order valence-corrected chi connectivity index (χ4v) is 1.49. The summed E-state index contributed by atoms with van der Waals surface area (Å²) in [5, 5.41) is 0. The van der Waals surface area contributed by atoms with E-state index in [4.69, 9.17) is 0 Å². The summed E-state index contributed by atoms with van der Waals surface area (Å²) in [4.78, 5) is 0. The van der Waals surface area contributed by atoms with Crippen molar-refractivity contribution in [3.05, 3.63) is 46.6 Å². The van der Waals surface area contributed by atoms with E-state index >= 15 is 0 Å². The second-order valence-electron chi connectivity index (χ2n) is 4.57. The first-order chi connectivity index (χ1) is 7.99. The first kappa shape index (κ1) is 20.4. The van der Waals surface area contributed by atoms with Crippen molar-refractivity contribution in [3.63, 3.8) is 0 Å². The molecule has 18 heavy (non-hydrogen) atoms. The van der Waals surface area contributed by atoms with E-state index in [1.54, 1.807) is 0 Å². The summed E-state index contributed by atoms with van der Waals surface area (Å²) in [6.07, 6.45) is 13.0. The largest absolute Gasteiger partial charge is 2.00 e. The Morgan fingerprint density at radius 2 is 1.11 bits per heavy atom. The predicted octanol–water partition coefficient (Wildman–Crippen LogP) is 4.69. The summed E-state index contributed by atoms with van der Waals surface area (Å²) in [7, 11) is 0.750. The smallest absolute Gasteiger partial charge is 0.250 e. The Morgan fingerprint density at radius 1 is 0.833 bits per heavy atom. The molecule has 0 spiro atoms. The molecule has 2 heteroatoms. The summed E-state index contributed by atoms with van der Waals surface area (Å²) < 4.78 is 0. The summed E-state index contributed by atoms with van der Waals surface area (Å²) in [5.41, 5.74) is 5.30. The maximum atomic E-state index is 3.19. The van der Waals surface area contributed by atoms with Gasteiger partial charge in [0.2, 0.25) is 0 Å². The fraction of sp³-hybridized carbons (Fsp3) is 0.500. The number of rotatable bonds is 0. The molecule has 0 saturated heterocycles. The minimum absolute atomic E-state index is 0. The quantitative estimate of drug-likeness (QED) is 0.445. The van der Waals surface area contributed by atoms with E-state index in [2.05, 4.69) is 65.1 Å². The molecule has 0 nitrogen and oxygen atoms in total. The van der Waals surface area contributed by atoms with Gasteiger partial charge in [-0.05, 0) is 0 Å². The summed E-state index contributed by atoms with van der Waals surface area (Å²) in [6.45, 7) is 12.8. The average molecular weight is 337 g/mol. The molecular weight excluding hydrogens is 311 g/mol. The topological polar surface area (TPSA) is 0 Å². The van der Waals surface area contributed by atoms with Crippen LogP contribution < -0.4 is 0 Å². The molecule has 0 atom stereocenters. The van der Waals surface area contributed by atoms with Crippen molar-refractivity contribution in [1.82, 2.24) is 0 Å². The zero-order valence-electron chi connectivity index (χ0n) is 12.6. The van der Waals surface area contributed by atoms with Gasteiger partial charge < -0.3 is 0 Å². The van der Waals surface area contributed by atoms with Crippen LogP contribution in [0.5, 0.6) is 0 Å². The molecule has 0 amide bonds. The molecule has 0 bridgehead atoms. The van der Waals surface area contributed by atoms with E-state index in [1.807, 2.05) is 0 Å². The van der Waals surface area contributed by atoms with Gasteiger partial charge in [0.15, 0.2) is 0 Å². The van der Waals surface area contributed by atoms with Crippen LogP contribution in [-0.2, 0) is 26.2 Å². The van der Waals surface area contributed by atoms with Gasteiger partial charge in [0.05, 0.1) is 0 Å². The molecule has 97 valence electrons. The van der Waals surface area contributed by atoms with Crippen LogP contribution in [0.25, 0.3) is 0 Å². The Labute approximate surface area is 135 Å². The molecule has 0 aromatic carbocycles. The third kappa shape index (κ3) is 11.2. The second-order valence-corrected chi connectivity index (χ2v) is 5.73. The van der Waals surface area contributed by atoms with Gasteiger partial charge in [-0.2, -0.15) is 11.1 Å². The Balaban J connectivity index is 0. The van der Waals surface area contributed by atoms with Crippen LogP contribution in [0.3, 0.4) is 0 Å². The van der Waals surface area contributed by atoms with E-state index in [0.29, 0.717) is 0 Å². The van der Waals surface area contributed by atoms with E-state index in [1.165, 1.54) is 22.3 Å². The maximum absolute atomic E-state index is 3.19. The molecule has 2 aliphatic rings. The van der Waals surface area contributed by atoms with E-state index in [0.717, 1.165) is 22.4 Å². The van der Waals surface area contributed by atoms with Crippen LogP contribution in [0.4, 0.5) is 0 Å². The Hall–Kier alpha value is 0.0600. The SMILES string of the molecule is CC1=[C-]C(C)=CC1.CC1=[C-]C(C)=CC1.C[SiH]C.[Zr+2]. The molecule has 2 aliphatic carbocycles. The van der Waals surface area contributed by atoms with Gasteiger partial charge >= 0.3 is 26.2 Å². The minimum atomic E-state index is 0. The standard InChI is InChI=1S/2C7H9.C2H7Si.Zr/c2*1-6-3-4-7(2)5-6;1-3-2;/h2*3H,4H2,1-2H3;3H,1-2H3;/q2*-1;;+2. The third-order valence-corrected chi connectivity index (χ3v) is 2.25. The van der Waals surface area contributed by atoms with Crippen molar-refractivity contribution in [2.24, 2.45) is 0 Å². The van der Waals surface area contributed by atoms with Crippen LogP contribution in [0.2, 0.25) is 13.1 Å². The molecule has 0 N–H and O–H groups in total. The molecule has 0 unspecified atom stereocenters. The van der Waals surface area contributed by atoms with Crippen LogP contribution in [0.15, 0.2) is 34.4 Å². The van der Waals surface area contributed by atoms with Crippen molar-refractivity contribution in [2.45, 2.75) is 53.6 Å². The summed E-state index contributed by atoms with van der Waals surface area (Å²) in [6, 6.07) is 0. The average Bonchev–Trinajstić information content (AvgIpc) is 2.78. The van der Waals surface area contributed by atoms with Crippen LogP contribution >= 0.6 is 0 Å². The fourth-order valence-electron chi connectivity index (χ4n) is 1.49. The second kappa shape index (κ2) is 12.1. The Morgan fingerprint density at radius 3 is 1.17 bits per heavy atom. The van der Waals surface area contributed by atoms with Crippen molar-refractivity contribution in [2.75, 3.05) is 0 Å². The molecule has 0 saturated carbocycles. The molecule has 0 aromatic rings. The predicted molar refractivity (Wildman–Crippen MR) is 80.5 cm³/mol. The van der Waals surface area contributed by atoms with Crippen LogP contribution in [0.1, 0.15) is 40.5 Å². The monoisotopic (exact) mass is 335 g/mol. The number of allylic oxidation sites excluding steroid dienone is 8. The Kier molecular flexibility index (Phi) is 13.7. The molecule has 0 aliphatic heterocycles. The molecule has 1 radical (unpaired) electrons. The molecular formula is C16H25SiZr. The zero-order chi connectivity index (χ0) is 13.3. The molecule has 0 heterocycles. The van der Waals surface area contributed by atoms with Crippen molar-refractivity contribution < 1.29 is 26.2 Å². The van der Waals surface area contributed by atoms with Gasteiger partial charge in [0.1, 0.15) is 0 Å². The summed E-state index contributed by atoms with van der Waals surface area (Å²) in [5.74, 6) is 0. The van der Waals surface area contributed by atoms with Crippen molar-refractivity contribution in [1.29, 1.82) is 0 Å². The van der Waals surface area contributed by atoms with Gasteiger partial charge in [-0.1, -0.05) is 53.6 Å². The van der Waals surface area contributed by atoms with Crippen molar-refractivity contribution in [3.8, 4) is 0 Å². The van der Waals surface area contributed by atoms with E-state index in [-0.39, 0.29) is 26.2 Å². The van der Waals surface area contributed by atoms with Gasteiger partial charge in [-0.3, -0.25) is 12.2 Å². The van der Waals surface area contributed by atoms with Gasteiger partial charge in [0.25, 0.3) is 0 Å². The van der Waals surface area contributed by atoms with Crippen LogP contribution in [0, 0.1) is 12.2 Å². The minimum Gasteiger partial charge on any atom is -0.250 e. The van der Waals surface area contributed by atoms with E-state index < -0.39 is 0 Å². The van der Waals surface area contributed by atoms with Gasteiger partial charge in [-0.15, -0.1) is 0 Å². The maximum Gasteiger partial charge on any atom is 2.00 e. The van der Waals surface area contributed by atoms with Crippen LogP contribution in [-0.4, -0.2) is 9.52 Å². The Bertz CT molecular complexity index is 312. The van der Waals surface area contributed by atoms with E-state index in [9.17, 15) is 0 Å². The molecule has 0 aromatic heterocycles. The van der Waals surface area contributed by atoms with Gasteiger partial charge in [-0.25, -0.2) is 23.3 Å². The number of hydrogen-bond acceptors (Lipinski definition) is 0. The first-order valence-electron chi connectivity index (χ1n) is 6.26. The molecule has 2 rings (SSSR count). The van der Waals surface area contributed by atoms with Crippen molar-refractivity contribution >= 4 is 9.52 Å². The first-order valence-corrected chi connectivity index (χ1v) is 8.57. The van der Waals surface area contributed by atoms with Gasteiger partial charge in [0, 0.05) is 9.52 Å². The molecule has 0 fully saturated rings. The normalized spacial score (nSPS) is 15.9. The third-order valence-electron chi connectivity index (χ3n) is 2.25. The zero-order valence-corrected chi connectivity index (χ0v) is 16.3. The summed E-state index contributed by atoms with van der Waals surface area (Å²) >= 11 is 0.